The molecule has 3 aromatic rings. The summed E-state index contributed by atoms with van der Waals surface area (Å²) in [6.07, 6.45) is 0. The maximum atomic E-state index is 11.3. The predicted molar refractivity (Wildman–Crippen MR) is 81.0 cm³/mol. The molecule has 0 saturated carbocycles. The summed E-state index contributed by atoms with van der Waals surface area (Å²) in [5.74, 6) is -0.130. The van der Waals surface area contributed by atoms with Gasteiger partial charge in [-0.25, -0.2) is 9.78 Å². The monoisotopic (exact) mass is 299 g/mol. The van der Waals surface area contributed by atoms with Crippen LogP contribution in [-0.2, 0) is 0 Å². The number of carboxylic acids is 1. The first kappa shape index (κ1) is 13.7. The highest BCUT2D eigenvalue weighted by Crippen LogP contribution is 2.35. The number of aryl methyl sites for hydroxylation is 2. The second kappa shape index (κ2) is 5.26. The van der Waals surface area contributed by atoms with Crippen LogP contribution in [0.2, 0.25) is 0 Å². The Morgan fingerprint density at radius 1 is 1.14 bits per heavy atom. The number of aromatic nitrogens is 1. The molecule has 2 aromatic carbocycles. The van der Waals surface area contributed by atoms with Crippen LogP contribution in [0.1, 0.15) is 21.8 Å². The fourth-order valence-electron chi connectivity index (χ4n) is 2.13. The first-order chi connectivity index (χ1) is 10.1. The van der Waals surface area contributed by atoms with Crippen LogP contribution in [0.4, 0.5) is 0 Å². The molecule has 0 atom stereocenters. The van der Waals surface area contributed by atoms with Crippen molar-refractivity contribution in [3.63, 3.8) is 0 Å². The molecular formula is C16H13NO3S. The molecule has 3 rings (SSSR count). The number of nitrogens with zero attached hydrogens (tertiary/aromatic N) is 1. The van der Waals surface area contributed by atoms with Crippen LogP contribution >= 0.6 is 11.8 Å². The fraction of sp³-hybridized carbons (Fsp3) is 0.125. The average Bonchev–Trinajstić information content (AvgIpc) is 2.77. The van der Waals surface area contributed by atoms with Crippen molar-refractivity contribution in [2.45, 2.75) is 24.0 Å². The zero-order chi connectivity index (χ0) is 15.0. The second-order valence-corrected chi connectivity index (χ2v) is 5.68. The molecule has 0 radical (unpaired) electrons. The Hall–Kier alpha value is -2.27. The van der Waals surface area contributed by atoms with Crippen LogP contribution in [0.3, 0.4) is 0 Å². The van der Waals surface area contributed by atoms with Crippen LogP contribution in [0.15, 0.2) is 50.9 Å². The lowest BCUT2D eigenvalue weighted by Crippen LogP contribution is -1.97. The molecule has 4 nitrogen and oxygen atoms in total. The van der Waals surface area contributed by atoms with Gasteiger partial charge in [0, 0.05) is 4.90 Å². The second-order valence-electron chi connectivity index (χ2n) is 4.69. The summed E-state index contributed by atoms with van der Waals surface area (Å²) in [4.78, 5) is 16.6. The molecule has 0 fully saturated rings. The Bertz CT molecular complexity index is 819. The van der Waals surface area contributed by atoms with Crippen molar-refractivity contribution in [2.75, 3.05) is 0 Å². The zero-order valence-corrected chi connectivity index (χ0v) is 12.4. The molecule has 21 heavy (non-hydrogen) atoms. The summed E-state index contributed by atoms with van der Waals surface area (Å²) in [6.45, 7) is 3.77. The predicted octanol–water partition coefficient (Wildman–Crippen LogP) is 4.29. The molecule has 0 aliphatic rings. The van der Waals surface area contributed by atoms with Crippen LogP contribution in [0.25, 0.3) is 10.8 Å². The summed E-state index contributed by atoms with van der Waals surface area (Å²) in [5, 5.41) is 11.4. The van der Waals surface area contributed by atoms with Gasteiger partial charge in [-0.2, -0.15) is 0 Å². The van der Waals surface area contributed by atoms with E-state index in [2.05, 4.69) is 4.98 Å². The van der Waals surface area contributed by atoms with Crippen LogP contribution in [0.5, 0.6) is 0 Å². The van der Waals surface area contributed by atoms with E-state index < -0.39 is 5.97 Å². The topological polar surface area (TPSA) is 63.3 Å². The molecule has 1 N–H and O–H groups in total. The van der Waals surface area contributed by atoms with Crippen LogP contribution < -0.4 is 0 Å². The number of benzene rings is 2. The highest BCUT2D eigenvalue weighted by molar-refractivity contribution is 7.99. The Morgan fingerprint density at radius 3 is 2.48 bits per heavy atom. The lowest BCUT2D eigenvalue weighted by molar-refractivity contribution is 0.0699. The van der Waals surface area contributed by atoms with Gasteiger partial charge in [-0.15, -0.1) is 0 Å². The summed E-state index contributed by atoms with van der Waals surface area (Å²) < 4.78 is 5.58. The Morgan fingerprint density at radius 2 is 1.86 bits per heavy atom. The molecule has 1 heterocycles. The van der Waals surface area contributed by atoms with Crippen molar-refractivity contribution in [1.82, 2.24) is 4.98 Å². The van der Waals surface area contributed by atoms with Crippen LogP contribution in [-0.4, -0.2) is 16.1 Å². The molecule has 0 saturated heterocycles. The quantitative estimate of drug-likeness (QED) is 0.781. The molecule has 5 heteroatoms. The van der Waals surface area contributed by atoms with Gasteiger partial charge in [-0.1, -0.05) is 24.3 Å². The summed E-state index contributed by atoms with van der Waals surface area (Å²) in [5.41, 5.74) is 1.17. The molecule has 0 spiro atoms. The number of hydrogen-bond acceptors (Lipinski definition) is 4. The van der Waals surface area contributed by atoms with E-state index in [4.69, 9.17) is 4.42 Å². The standard InChI is InChI=1S/C16H13NO3S/c1-9-10(2)20-16(17-9)21-14-8-7-13(15(18)19)11-5-3-4-6-12(11)14/h3-8H,1-2H3,(H,18,19). The molecule has 106 valence electrons. The largest absolute Gasteiger partial charge is 0.478 e. The number of carboxylic acid groups (broad SMARTS) is 1. The number of oxazole rings is 1. The van der Waals surface area contributed by atoms with Gasteiger partial charge in [0.15, 0.2) is 0 Å². The molecule has 0 aliphatic carbocycles. The van der Waals surface area contributed by atoms with Crippen molar-refractivity contribution in [2.24, 2.45) is 0 Å². The Balaban J connectivity index is 2.11. The molecular weight excluding hydrogens is 286 g/mol. The van der Waals surface area contributed by atoms with Crippen molar-refractivity contribution >= 4 is 28.5 Å². The van der Waals surface area contributed by atoms with E-state index in [1.165, 1.54) is 11.8 Å². The van der Waals surface area contributed by atoms with E-state index in [1.54, 1.807) is 12.1 Å². The minimum atomic E-state index is -0.925. The van der Waals surface area contributed by atoms with Gasteiger partial charge in [-0.3, -0.25) is 0 Å². The Kier molecular flexibility index (Phi) is 3.43. The fourth-order valence-corrected chi connectivity index (χ4v) is 3.09. The van der Waals surface area contributed by atoms with E-state index in [0.29, 0.717) is 10.8 Å². The average molecular weight is 299 g/mol. The van der Waals surface area contributed by atoms with Gasteiger partial charge in [0.2, 0.25) is 0 Å². The van der Waals surface area contributed by atoms with Gasteiger partial charge < -0.3 is 9.52 Å². The molecule has 0 aliphatic heterocycles. The third-order valence-corrected chi connectivity index (χ3v) is 4.25. The zero-order valence-electron chi connectivity index (χ0n) is 11.6. The number of hydrogen-bond donors (Lipinski definition) is 1. The van der Waals surface area contributed by atoms with Gasteiger partial charge >= 0.3 is 5.97 Å². The van der Waals surface area contributed by atoms with E-state index in [0.717, 1.165) is 27.1 Å². The minimum Gasteiger partial charge on any atom is -0.478 e. The van der Waals surface area contributed by atoms with Gasteiger partial charge in [0.25, 0.3) is 5.22 Å². The molecule has 0 unspecified atom stereocenters. The van der Waals surface area contributed by atoms with Crippen molar-refractivity contribution < 1.29 is 14.3 Å². The highest BCUT2D eigenvalue weighted by atomic mass is 32.2. The summed E-state index contributed by atoms with van der Waals surface area (Å²) in [7, 11) is 0. The van der Waals surface area contributed by atoms with Crippen LogP contribution in [0, 0.1) is 13.8 Å². The molecule has 0 amide bonds. The summed E-state index contributed by atoms with van der Waals surface area (Å²) >= 11 is 1.40. The van der Waals surface area contributed by atoms with Gasteiger partial charge in [-0.05, 0) is 48.5 Å². The maximum absolute atomic E-state index is 11.3. The lowest BCUT2D eigenvalue weighted by Gasteiger charge is -2.07. The number of fused-ring (bicyclic) bond motifs is 1. The Labute approximate surface area is 125 Å². The third-order valence-electron chi connectivity index (χ3n) is 3.32. The van der Waals surface area contributed by atoms with Crippen molar-refractivity contribution in [1.29, 1.82) is 0 Å². The number of carbonyl (C=O) groups is 1. The first-order valence-corrected chi connectivity index (χ1v) is 7.25. The summed E-state index contributed by atoms with van der Waals surface area (Å²) in [6, 6.07) is 10.9. The third kappa shape index (κ3) is 2.52. The SMILES string of the molecule is Cc1nc(Sc2ccc(C(=O)O)c3ccccc23)oc1C. The van der Waals surface area contributed by atoms with E-state index in [1.807, 2.05) is 38.1 Å². The number of aromatic carboxylic acids is 1. The van der Waals surface area contributed by atoms with Crippen molar-refractivity contribution in [3.8, 4) is 0 Å². The normalized spacial score (nSPS) is 11.0. The number of rotatable bonds is 3. The van der Waals surface area contributed by atoms with Gasteiger partial charge in [0.05, 0.1) is 11.3 Å². The lowest BCUT2D eigenvalue weighted by atomic mass is 10.0. The van der Waals surface area contributed by atoms with E-state index in [-0.39, 0.29) is 0 Å². The molecule has 1 aromatic heterocycles. The first-order valence-electron chi connectivity index (χ1n) is 6.43. The molecule has 0 bridgehead atoms. The highest BCUT2D eigenvalue weighted by Gasteiger charge is 2.14. The van der Waals surface area contributed by atoms with Gasteiger partial charge in [0.1, 0.15) is 5.76 Å². The van der Waals surface area contributed by atoms with E-state index >= 15 is 0 Å². The minimum absolute atomic E-state index is 0.301. The maximum Gasteiger partial charge on any atom is 0.336 e. The van der Waals surface area contributed by atoms with Crippen molar-refractivity contribution in [3.05, 3.63) is 53.4 Å². The van der Waals surface area contributed by atoms with E-state index in [9.17, 15) is 9.90 Å². The smallest absolute Gasteiger partial charge is 0.336 e.